The molecule has 9 heteroatoms. The molecule has 2 aromatic carbocycles. The number of hydroxylamine groups is 2. The molecule has 0 radical (unpaired) electrons. The van der Waals surface area contributed by atoms with Crippen molar-refractivity contribution in [1.82, 2.24) is 5.06 Å². The van der Waals surface area contributed by atoms with Crippen LogP contribution >= 0.6 is 0 Å². The van der Waals surface area contributed by atoms with Crippen molar-refractivity contribution in [3.8, 4) is 11.1 Å². The number of carbonyl (C=O) groups is 3. The van der Waals surface area contributed by atoms with Crippen LogP contribution in [-0.4, -0.2) is 58.8 Å². The molecule has 1 N–H and O–H groups in total. The van der Waals surface area contributed by atoms with Gasteiger partial charge in [0.05, 0.1) is 12.5 Å². The molecule has 0 aromatic heterocycles. The molecular weight excluding hydrogens is 466 g/mol. The molecule has 1 heterocycles. The summed E-state index contributed by atoms with van der Waals surface area (Å²) in [4.78, 5) is 43.0. The van der Waals surface area contributed by atoms with Crippen LogP contribution in [0.3, 0.4) is 0 Å². The second-order valence-corrected chi connectivity index (χ2v) is 10.4. The summed E-state index contributed by atoms with van der Waals surface area (Å²) in [6.45, 7) is 5.09. The smallest absolute Gasteiger partial charge is 0.435 e. The Kier molecular flexibility index (Phi) is 6.00. The Labute approximate surface area is 208 Å². The normalized spacial score (nSPS) is 25.0. The lowest BCUT2D eigenvalue weighted by atomic mass is 9.78. The fourth-order valence-corrected chi connectivity index (χ4v) is 5.00. The third-order valence-electron chi connectivity index (χ3n) is 6.71. The van der Waals surface area contributed by atoms with E-state index in [1.807, 2.05) is 48.5 Å². The molecule has 36 heavy (non-hydrogen) atoms. The fraction of sp³-hybridized carbons (Fsp3) is 0.444. The van der Waals surface area contributed by atoms with Gasteiger partial charge in [-0.2, -0.15) is 5.06 Å². The zero-order valence-corrected chi connectivity index (χ0v) is 20.4. The predicted molar refractivity (Wildman–Crippen MR) is 127 cm³/mol. The summed E-state index contributed by atoms with van der Waals surface area (Å²) in [6.07, 6.45) is -0.601. The first-order valence-electron chi connectivity index (χ1n) is 12.0. The van der Waals surface area contributed by atoms with Crippen LogP contribution in [0, 0.1) is 5.92 Å². The molecule has 2 fully saturated rings. The molecule has 1 amide bonds. The summed E-state index contributed by atoms with van der Waals surface area (Å²) in [5, 5.41) is 10.4. The molecule has 2 aromatic rings. The Morgan fingerprint density at radius 3 is 2.17 bits per heavy atom. The highest BCUT2D eigenvalue weighted by Gasteiger charge is 2.57. The average Bonchev–Trinajstić information content (AvgIpc) is 3.13. The van der Waals surface area contributed by atoms with E-state index in [1.54, 1.807) is 20.8 Å². The Morgan fingerprint density at radius 2 is 1.61 bits per heavy atom. The highest BCUT2D eigenvalue weighted by atomic mass is 16.8. The molecule has 1 saturated heterocycles. The van der Waals surface area contributed by atoms with Crippen LogP contribution in [0.5, 0.6) is 0 Å². The Bertz CT molecular complexity index is 1150. The first kappa shape index (κ1) is 24.3. The minimum Gasteiger partial charge on any atom is -0.480 e. The third kappa shape index (κ3) is 4.44. The van der Waals surface area contributed by atoms with Crippen LogP contribution in [0.1, 0.15) is 50.7 Å². The van der Waals surface area contributed by atoms with E-state index in [0.717, 1.165) is 27.3 Å². The van der Waals surface area contributed by atoms with Gasteiger partial charge in [0.25, 0.3) is 0 Å². The van der Waals surface area contributed by atoms with Crippen molar-refractivity contribution in [2.45, 2.75) is 57.0 Å². The maximum Gasteiger partial charge on any atom is 0.435 e. The third-order valence-corrected chi connectivity index (χ3v) is 6.71. The van der Waals surface area contributed by atoms with E-state index in [0.29, 0.717) is 0 Å². The van der Waals surface area contributed by atoms with E-state index in [-0.39, 0.29) is 37.9 Å². The van der Waals surface area contributed by atoms with Gasteiger partial charge in [0.15, 0.2) is 11.8 Å². The number of hydrogen-bond donors (Lipinski definition) is 1. The molecule has 9 nitrogen and oxygen atoms in total. The van der Waals surface area contributed by atoms with Gasteiger partial charge in [-0.05, 0) is 43.0 Å². The van der Waals surface area contributed by atoms with E-state index in [1.165, 1.54) is 0 Å². The van der Waals surface area contributed by atoms with Crippen molar-refractivity contribution in [3.05, 3.63) is 59.7 Å². The molecular formula is C27H29NO8. The summed E-state index contributed by atoms with van der Waals surface area (Å²) < 4.78 is 16.7. The minimum atomic E-state index is -1.37. The van der Waals surface area contributed by atoms with Gasteiger partial charge < -0.3 is 19.3 Å². The number of rotatable bonds is 4. The zero-order chi connectivity index (χ0) is 25.7. The van der Waals surface area contributed by atoms with Crippen molar-refractivity contribution >= 4 is 18.0 Å². The van der Waals surface area contributed by atoms with Crippen LogP contribution in [0.15, 0.2) is 48.5 Å². The van der Waals surface area contributed by atoms with Gasteiger partial charge in [0, 0.05) is 18.8 Å². The molecule has 0 unspecified atom stereocenters. The summed E-state index contributed by atoms with van der Waals surface area (Å²) in [6, 6.07) is 14.5. The summed E-state index contributed by atoms with van der Waals surface area (Å²) >= 11 is 0. The topological polar surface area (TPSA) is 112 Å². The zero-order valence-electron chi connectivity index (χ0n) is 20.4. The molecule has 0 bridgehead atoms. The molecule has 1 aliphatic heterocycles. The number of benzene rings is 2. The molecule has 2 aliphatic carbocycles. The maximum absolute atomic E-state index is 13.1. The minimum absolute atomic E-state index is 0.0213. The van der Waals surface area contributed by atoms with E-state index >= 15 is 0 Å². The predicted octanol–water partition coefficient (Wildman–Crippen LogP) is 4.10. The number of ether oxygens (including phenoxy) is 3. The highest BCUT2D eigenvalue weighted by Crippen LogP contribution is 2.47. The highest BCUT2D eigenvalue weighted by molar-refractivity contribution is 5.81. The van der Waals surface area contributed by atoms with Crippen molar-refractivity contribution in [2.75, 3.05) is 13.2 Å². The molecule has 3 aliphatic rings. The number of carboxylic acid groups (broad SMARTS) is 1. The van der Waals surface area contributed by atoms with E-state index in [2.05, 4.69) is 0 Å². The number of carbonyl (C=O) groups excluding carboxylic acids is 2. The first-order chi connectivity index (χ1) is 17.1. The average molecular weight is 496 g/mol. The molecule has 1 saturated carbocycles. The van der Waals surface area contributed by atoms with Gasteiger partial charge in [0.2, 0.25) is 0 Å². The standard InChI is InChI=1S/C27H29NO8/c1-26(2,3)35-24(31)16-12-27(13-16)34-15-22(23(29)30)28(36-27)25(32)33-14-21-19-10-6-4-8-17(19)18-9-5-7-11-20(18)21/h4-11,16,21-22H,12-15H2,1-3H3,(H,29,30)/t16?,22-,27?/m0/s1. The van der Waals surface area contributed by atoms with Crippen molar-refractivity contribution in [1.29, 1.82) is 0 Å². The fourth-order valence-electron chi connectivity index (χ4n) is 5.00. The lowest BCUT2D eigenvalue weighted by Crippen LogP contribution is -2.64. The van der Waals surface area contributed by atoms with Crippen molar-refractivity contribution < 1.29 is 38.5 Å². The van der Waals surface area contributed by atoms with Gasteiger partial charge in [-0.15, -0.1) is 0 Å². The van der Waals surface area contributed by atoms with Gasteiger partial charge in [-0.25, -0.2) is 14.4 Å². The number of hydrogen-bond acceptors (Lipinski definition) is 7. The van der Waals surface area contributed by atoms with Crippen LogP contribution in [0.2, 0.25) is 0 Å². The number of fused-ring (bicyclic) bond motifs is 3. The Hall–Kier alpha value is -3.43. The first-order valence-corrected chi connectivity index (χ1v) is 12.0. The van der Waals surface area contributed by atoms with Crippen molar-refractivity contribution in [3.63, 3.8) is 0 Å². The second-order valence-electron chi connectivity index (χ2n) is 10.4. The van der Waals surface area contributed by atoms with Gasteiger partial charge in [-0.3, -0.25) is 4.79 Å². The number of aliphatic carboxylic acids is 1. The molecule has 1 atom stereocenters. The van der Waals surface area contributed by atoms with Crippen LogP contribution in [-0.2, 0) is 28.6 Å². The number of amides is 1. The quantitative estimate of drug-likeness (QED) is 0.631. The number of carboxylic acids is 1. The second kappa shape index (κ2) is 8.90. The van der Waals surface area contributed by atoms with Gasteiger partial charge >= 0.3 is 18.0 Å². The van der Waals surface area contributed by atoms with Crippen molar-refractivity contribution in [2.24, 2.45) is 5.92 Å². The molecule has 1 spiro atoms. The summed E-state index contributed by atoms with van der Waals surface area (Å²) in [5.74, 6) is -3.57. The van der Waals surface area contributed by atoms with Crippen LogP contribution in [0.25, 0.3) is 11.1 Å². The van der Waals surface area contributed by atoms with Gasteiger partial charge in [-0.1, -0.05) is 48.5 Å². The van der Waals surface area contributed by atoms with E-state index < -0.39 is 35.4 Å². The summed E-state index contributed by atoms with van der Waals surface area (Å²) in [5.41, 5.74) is 3.62. The van der Waals surface area contributed by atoms with Crippen LogP contribution in [0.4, 0.5) is 4.79 Å². The summed E-state index contributed by atoms with van der Waals surface area (Å²) in [7, 11) is 0. The molecule has 5 rings (SSSR count). The van der Waals surface area contributed by atoms with Crippen LogP contribution < -0.4 is 0 Å². The Balaban J connectivity index is 1.28. The Morgan fingerprint density at radius 1 is 1.03 bits per heavy atom. The van der Waals surface area contributed by atoms with E-state index in [9.17, 15) is 19.5 Å². The molecule has 190 valence electrons. The lowest BCUT2D eigenvalue weighted by Gasteiger charge is -2.51. The lowest BCUT2D eigenvalue weighted by molar-refractivity contribution is -0.410. The maximum atomic E-state index is 13.1. The van der Waals surface area contributed by atoms with E-state index in [4.69, 9.17) is 19.0 Å². The number of esters is 1. The largest absolute Gasteiger partial charge is 0.480 e. The monoisotopic (exact) mass is 495 g/mol. The van der Waals surface area contributed by atoms with Gasteiger partial charge in [0.1, 0.15) is 12.2 Å². The SMILES string of the molecule is CC(C)(C)OC(=O)C1CC2(C1)OC[C@@H](C(=O)O)N(C(=O)OCC1c3ccccc3-c3ccccc31)O2. The number of nitrogens with zero attached hydrogens (tertiary/aromatic N) is 1.